The molecule has 0 aliphatic heterocycles. The van der Waals surface area contributed by atoms with Crippen LogP contribution < -0.4 is 0 Å². The lowest BCUT2D eigenvalue weighted by Gasteiger charge is -2.10. The quantitative estimate of drug-likeness (QED) is 0.793. The number of aliphatic hydroxyl groups is 1. The molecule has 0 saturated carbocycles. The number of aliphatic hydroxyl groups excluding tert-OH is 1. The number of aliphatic carboxylic acids is 1. The number of carboxylic acid groups (broad SMARTS) is 1. The van der Waals surface area contributed by atoms with Crippen molar-refractivity contribution in [2.45, 2.75) is 20.0 Å². The van der Waals surface area contributed by atoms with E-state index in [1.54, 1.807) is 6.07 Å². The second-order valence-corrected chi connectivity index (χ2v) is 3.59. The van der Waals surface area contributed by atoms with Crippen LogP contribution in [0.25, 0.3) is 0 Å². The Kier molecular flexibility index (Phi) is 3.13. The summed E-state index contributed by atoms with van der Waals surface area (Å²) in [7, 11) is 0. The molecule has 0 aromatic heterocycles. The average molecular weight is 215 g/mol. The molecule has 3 nitrogen and oxygen atoms in total. The van der Waals surface area contributed by atoms with Crippen molar-refractivity contribution in [3.63, 3.8) is 0 Å². The summed E-state index contributed by atoms with van der Waals surface area (Å²) in [6, 6.07) is 3.10. The third-order valence-electron chi connectivity index (χ3n) is 2.18. The number of carboxylic acids is 1. The topological polar surface area (TPSA) is 57.5 Å². The van der Waals surface area contributed by atoms with E-state index in [4.69, 9.17) is 16.7 Å². The van der Waals surface area contributed by atoms with Crippen LogP contribution in [0.2, 0.25) is 5.02 Å². The zero-order valence-corrected chi connectivity index (χ0v) is 8.67. The van der Waals surface area contributed by atoms with Crippen molar-refractivity contribution in [2.24, 2.45) is 0 Å². The maximum absolute atomic E-state index is 10.5. The van der Waals surface area contributed by atoms with Crippen molar-refractivity contribution in [1.82, 2.24) is 0 Å². The molecule has 1 atom stereocenters. The number of aryl methyl sites for hydroxylation is 1. The molecular formula is C10H11ClO3. The lowest BCUT2D eigenvalue weighted by Crippen LogP contribution is -2.10. The van der Waals surface area contributed by atoms with Gasteiger partial charge in [-0.25, -0.2) is 4.79 Å². The number of hydrogen-bond donors (Lipinski definition) is 2. The van der Waals surface area contributed by atoms with Gasteiger partial charge in [-0.15, -0.1) is 0 Å². The Hall–Kier alpha value is -1.06. The molecule has 0 saturated heterocycles. The summed E-state index contributed by atoms with van der Waals surface area (Å²) in [5.41, 5.74) is 2.08. The fraction of sp³-hybridized carbons (Fsp3) is 0.300. The Morgan fingerprint density at radius 3 is 2.43 bits per heavy atom. The van der Waals surface area contributed by atoms with E-state index in [0.717, 1.165) is 11.1 Å². The molecule has 2 N–H and O–H groups in total. The Bertz CT molecular complexity index is 351. The Labute approximate surface area is 86.9 Å². The zero-order valence-electron chi connectivity index (χ0n) is 7.91. The van der Waals surface area contributed by atoms with Crippen LogP contribution >= 0.6 is 11.6 Å². The highest BCUT2D eigenvalue weighted by molar-refractivity contribution is 6.31. The van der Waals surface area contributed by atoms with E-state index in [9.17, 15) is 9.90 Å². The van der Waals surface area contributed by atoms with Gasteiger partial charge in [0.15, 0.2) is 6.10 Å². The van der Waals surface area contributed by atoms with Crippen LogP contribution in [0.15, 0.2) is 12.1 Å². The minimum Gasteiger partial charge on any atom is -0.479 e. The van der Waals surface area contributed by atoms with Gasteiger partial charge in [-0.3, -0.25) is 0 Å². The van der Waals surface area contributed by atoms with E-state index in [1.807, 2.05) is 13.8 Å². The normalized spacial score (nSPS) is 12.6. The standard InChI is InChI=1S/C10H11ClO3/c1-5-3-7(9(12)10(13)14)4-8(11)6(5)2/h3-4,9,12H,1-2H3,(H,13,14). The predicted molar refractivity (Wildman–Crippen MR) is 53.5 cm³/mol. The lowest BCUT2D eigenvalue weighted by molar-refractivity contribution is -0.146. The van der Waals surface area contributed by atoms with Gasteiger partial charge in [0.2, 0.25) is 0 Å². The van der Waals surface area contributed by atoms with Gasteiger partial charge in [0.25, 0.3) is 0 Å². The number of rotatable bonds is 2. The van der Waals surface area contributed by atoms with Gasteiger partial charge in [0.05, 0.1) is 0 Å². The van der Waals surface area contributed by atoms with Crippen LogP contribution in [-0.4, -0.2) is 16.2 Å². The maximum atomic E-state index is 10.5. The van der Waals surface area contributed by atoms with Crippen molar-refractivity contribution >= 4 is 17.6 Å². The van der Waals surface area contributed by atoms with Gasteiger partial charge in [0.1, 0.15) is 0 Å². The predicted octanol–water partition coefficient (Wildman–Crippen LogP) is 2.07. The van der Waals surface area contributed by atoms with Crippen LogP contribution in [0, 0.1) is 13.8 Å². The highest BCUT2D eigenvalue weighted by Crippen LogP contribution is 2.24. The second kappa shape index (κ2) is 3.98. The van der Waals surface area contributed by atoms with Crippen molar-refractivity contribution < 1.29 is 15.0 Å². The number of hydrogen-bond acceptors (Lipinski definition) is 2. The van der Waals surface area contributed by atoms with Crippen molar-refractivity contribution in [3.8, 4) is 0 Å². The van der Waals surface area contributed by atoms with Gasteiger partial charge in [0, 0.05) is 5.02 Å². The largest absolute Gasteiger partial charge is 0.479 e. The van der Waals surface area contributed by atoms with Crippen molar-refractivity contribution in [1.29, 1.82) is 0 Å². The minimum absolute atomic E-state index is 0.311. The summed E-state index contributed by atoms with van der Waals surface area (Å²) in [5.74, 6) is -1.27. The monoisotopic (exact) mass is 214 g/mol. The second-order valence-electron chi connectivity index (χ2n) is 3.19. The van der Waals surface area contributed by atoms with Gasteiger partial charge >= 0.3 is 5.97 Å². The van der Waals surface area contributed by atoms with E-state index >= 15 is 0 Å². The first kappa shape index (κ1) is 11.0. The van der Waals surface area contributed by atoms with Crippen LogP contribution in [0.1, 0.15) is 22.8 Å². The highest BCUT2D eigenvalue weighted by Gasteiger charge is 2.17. The van der Waals surface area contributed by atoms with E-state index in [2.05, 4.69) is 0 Å². The van der Waals surface area contributed by atoms with Crippen LogP contribution in [-0.2, 0) is 4.79 Å². The van der Waals surface area contributed by atoms with E-state index in [1.165, 1.54) is 6.07 Å². The molecule has 0 spiro atoms. The summed E-state index contributed by atoms with van der Waals surface area (Å²) in [4.78, 5) is 10.5. The fourth-order valence-electron chi connectivity index (χ4n) is 1.14. The third kappa shape index (κ3) is 2.05. The molecule has 0 bridgehead atoms. The van der Waals surface area contributed by atoms with Crippen LogP contribution in [0.5, 0.6) is 0 Å². The van der Waals surface area contributed by atoms with Crippen molar-refractivity contribution in [2.75, 3.05) is 0 Å². The molecule has 0 amide bonds. The number of carbonyl (C=O) groups is 1. The van der Waals surface area contributed by atoms with Gasteiger partial charge in [-0.05, 0) is 36.6 Å². The zero-order chi connectivity index (χ0) is 10.9. The molecule has 0 aliphatic rings. The van der Waals surface area contributed by atoms with E-state index in [-0.39, 0.29) is 0 Å². The highest BCUT2D eigenvalue weighted by atomic mass is 35.5. The Morgan fingerprint density at radius 2 is 2.00 bits per heavy atom. The molecule has 76 valence electrons. The maximum Gasteiger partial charge on any atom is 0.337 e. The summed E-state index contributed by atoms with van der Waals surface area (Å²) >= 11 is 5.86. The first-order valence-electron chi connectivity index (χ1n) is 4.11. The SMILES string of the molecule is Cc1cc(C(O)C(=O)O)cc(Cl)c1C. The first-order chi connectivity index (χ1) is 6.43. The van der Waals surface area contributed by atoms with E-state index in [0.29, 0.717) is 10.6 Å². The molecule has 4 heteroatoms. The molecular weight excluding hydrogens is 204 g/mol. The summed E-state index contributed by atoms with van der Waals surface area (Å²) < 4.78 is 0. The molecule has 0 heterocycles. The number of halogens is 1. The molecule has 0 aliphatic carbocycles. The summed E-state index contributed by atoms with van der Waals surface area (Å²) in [6.45, 7) is 3.66. The Balaban J connectivity index is 3.19. The van der Waals surface area contributed by atoms with Gasteiger partial charge in [-0.1, -0.05) is 17.7 Å². The molecule has 0 radical (unpaired) electrons. The van der Waals surface area contributed by atoms with Gasteiger partial charge < -0.3 is 10.2 Å². The summed E-state index contributed by atoms with van der Waals surface area (Å²) in [6.07, 6.45) is -1.51. The number of benzene rings is 1. The lowest BCUT2D eigenvalue weighted by atomic mass is 10.0. The average Bonchev–Trinajstić information content (AvgIpc) is 2.12. The summed E-state index contributed by atoms with van der Waals surface area (Å²) in [5, 5.41) is 18.3. The molecule has 14 heavy (non-hydrogen) atoms. The third-order valence-corrected chi connectivity index (χ3v) is 2.57. The minimum atomic E-state index is -1.51. The smallest absolute Gasteiger partial charge is 0.337 e. The van der Waals surface area contributed by atoms with Crippen LogP contribution in [0.4, 0.5) is 0 Å². The van der Waals surface area contributed by atoms with Crippen LogP contribution in [0.3, 0.4) is 0 Å². The van der Waals surface area contributed by atoms with Gasteiger partial charge in [-0.2, -0.15) is 0 Å². The molecule has 1 aromatic carbocycles. The first-order valence-corrected chi connectivity index (χ1v) is 4.48. The molecule has 1 unspecified atom stereocenters. The molecule has 0 fully saturated rings. The Morgan fingerprint density at radius 1 is 1.43 bits per heavy atom. The fourth-order valence-corrected chi connectivity index (χ4v) is 1.42. The van der Waals surface area contributed by atoms with E-state index < -0.39 is 12.1 Å². The molecule has 1 rings (SSSR count). The molecule has 1 aromatic rings. The van der Waals surface area contributed by atoms with Crippen molar-refractivity contribution in [3.05, 3.63) is 33.8 Å².